The summed E-state index contributed by atoms with van der Waals surface area (Å²) >= 11 is 8.57. The lowest BCUT2D eigenvalue weighted by atomic mass is 9.89. The number of nitrogens with zero attached hydrogens (tertiary/aromatic N) is 4. The molecule has 130 valence electrons. The van der Waals surface area contributed by atoms with Gasteiger partial charge in [0.1, 0.15) is 29.2 Å². The van der Waals surface area contributed by atoms with Crippen LogP contribution in [-0.4, -0.2) is 20.4 Å². The third-order valence-electron chi connectivity index (χ3n) is 4.70. The van der Waals surface area contributed by atoms with Gasteiger partial charge in [0.25, 0.3) is 5.56 Å². The monoisotopic (exact) mass is 470 g/mol. The zero-order chi connectivity index (χ0) is 17.4. The lowest BCUT2D eigenvalue weighted by Gasteiger charge is -2.33. The average molecular weight is 471 g/mol. The molecular formula is C16H16ClIN6O. The number of amidine groups is 1. The second kappa shape index (κ2) is 6.56. The van der Waals surface area contributed by atoms with Crippen LogP contribution in [-0.2, 0) is 5.66 Å². The first-order valence-corrected chi connectivity index (χ1v) is 9.56. The number of nitrogens with one attached hydrogen (secondary N) is 2. The van der Waals surface area contributed by atoms with Gasteiger partial charge in [-0.2, -0.15) is 0 Å². The average Bonchev–Trinajstić information content (AvgIpc) is 2.95. The molecule has 25 heavy (non-hydrogen) atoms. The van der Waals surface area contributed by atoms with Crippen molar-refractivity contribution >= 4 is 51.8 Å². The molecule has 3 heterocycles. The van der Waals surface area contributed by atoms with Crippen molar-refractivity contribution in [3.8, 4) is 0 Å². The minimum Gasteiger partial charge on any atom is -0.336 e. The first-order chi connectivity index (χ1) is 12.1. The van der Waals surface area contributed by atoms with E-state index in [9.17, 15) is 4.79 Å². The van der Waals surface area contributed by atoms with Gasteiger partial charge >= 0.3 is 0 Å². The van der Waals surface area contributed by atoms with Crippen LogP contribution in [0.25, 0.3) is 0 Å². The number of halogens is 2. The van der Waals surface area contributed by atoms with Crippen molar-refractivity contribution in [2.24, 2.45) is 4.99 Å². The van der Waals surface area contributed by atoms with Crippen molar-refractivity contribution in [2.75, 3.05) is 5.32 Å². The van der Waals surface area contributed by atoms with Gasteiger partial charge in [-0.05, 0) is 37.8 Å². The van der Waals surface area contributed by atoms with Crippen molar-refractivity contribution in [1.82, 2.24) is 18.1 Å². The molecule has 9 heteroatoms. The van der Waals surface area contributed by atoms with Gasteiger partial charge in [-0.15, -0.1) is 0 Å². The Morgan fingerprint density at radius 3 is 2.76 bits per heavy atom. The highest BCUT2D eigenvalue weighted by molar-refractivity contribution is 14.1. The zero-order valence-electron chi connectivity index (χ0n) is 13.3. The Kier molecular flexibility index (Phi) is 4.40. The molecule has 1 aliphatic heterocycles. The normalized spacial score (nSPS) is 17.9. The van der Waals surface area contributed by atoms with Gasteiger partial charge in [0.2, 0.25) is 0 Å². The predicted molar refractivity (Wildman–Crippen MR) is 106 cm³/mol. The molecule has 0 bridgehead atoms. The Labute approximate surface area is 163 Å². The molecule has 0 unspecified atom stereocenters. The third kappa shape index (κ3) is 2.80. The number of hydrogen-bond acceptors (Lipinski definition) is 6. The summed E-state index contributed by atoms with van der Waals surface area (Å²) in [4.78, 5) is 26.1. The zero-order valence-corrected chi connectivity index (χ0v) is 16.2. The van der Waals surface area contributed by atoms with Crippen LogP contribution in [0.3, 0.4) is 0 Å². The summed E-state index contributed by atoms with van der Waals surface area (Å²) in [6, 6.07) is 3.35. The first-order valence-electron chi connectivity index (χ1n) is 8.10. The molecule has 1 saturated carbocycles. The molecule has 0 aromatic carbocycles. The molecule has 2 aromatic rings. The molecule has 0 saturated heterocycles. The van der Waals surface area contributed by atoms with Gasteiger partial charge < -0.3 is 8.85 Å². The van der Waals surface area contributed by atoms with Crippen LogP contribution in [0.4, 0.5) is 11.5 Å². The number of rotatable bonds is 2. The van der Waals surface area contributed by atoms with E-state index in [1.807, 2.05) is 22.9 Å². The molecule has 0 amide bonds. The topological polar surface area (TPSA) is 84.2 Å². The highest BCUT2D eigenvalue weighted by Gasteiger charge is 2.43. The highest BCUT2D eigenvalue weighted by Crippen LogP contribution is 2.41. The minimum atomic E-state index is -0.537. The molecule has 0 radical (unpaired) electrons. The molecule has 2 aliphatic rings. The second-order valence-electron chi connectivity index (χ2n) is 6.21. The van der Waals surface area contributed by atoms with Crippen molar-refractivity contribution < 1.29 is 0 Å². The molecule has 1 fully saturated rings. The van der Waals surface area contributed by atoms with Crippen LogP contribution in [0.5, 0.6) is 0 Å². The highest BCUT2D eigenvalue weighted by atomic mass is 127. The van der Waals surface area contributed by atoms with Gasteiger partial charge in [-0.1, -0.05) is 18.0 Å². The van der Waals surface area contributed by atoms with E-state index in [1.165, 1.54) is 12.7 Å². The van der Waals surface area contributed by atoms with Crippen molar-refractivity contribution in [3.05, 3.63) is 45.7 Å². The maximum absolute atomic E-state index is 13.2. The Hall–Kier alpha value is -1.68. The molecule has 2 N–H and O–H groups in total. The molecular weight excluding hydrogens is 455 g/mol. The van der Waals surface area contributed by atoms with E-state index in [4.69, 9.17) is 16.6 Å². The lowest BCUT2D eigenvalue weighted by molar-refractivity contribution is 0.208. The SMILES string of the molecule is O=c1c(Nc2ccncn2)cc(Cl)c2n1C1(CCCCC1)N=C2NI. The Balaban J connectivity index is 1.86. The number of pyridine rings is 1. The maximum Gasteiger partial charge on any atom is 0.276 e. The van der Waals surface area contributed by atoms with Crippen LogP contribution in [0.15, 0.2) is 34.4 Å². The molecule has 4 rings (SSSR count). The van der Waals surface area contributed by atoms with E-state index in [1.54, 1.807) is 22.9 Å². The third-order valence-corrected chi connectivity index (χ3v) is 5.50. The molecule has 0 atom stereocenters. The fraction of sp³-hybridized carbons (Fsp3) is 0.375. The van der Waals surface area contributed by atoms with Gasteiger partial charge in [-0.3, -0.25) is 9.36 Å². The summed E-state index contributed by atoms with van der Waals surface area (Å²) < 4.78 is 4.83. The van der Waals surface area contributed by atoms with E-state index in [2.05, 4.69) is 18.8 Å². The van der Waals surface area contributed by atoms with Gasteiger partial charge in [-0.25, -0.2) is 15.0 Å². The quantitative estimate of drug-likeness (QED) is 0.519. The van der Waals surface area contributed by atoms with Crippen LogP contribution >= 0.6 is 34.5 Å². The summed E-state index contributed by atoms with van der Waals surface area (Å²) in [6.07, 6.45) is 7.99. The maximum atomic E-state index is 13.2. The summed E-state index contributed by atoms with van der Waals surface area (Å²) in [7, 11) is 0. The number of fused-ring (bicyclic) bond motifs is 2. The van der Waals surface area contributed by atoms with Crippen LogP contribution in [0.2, 0.25) is 5.02 Å². The summed E-state index contributed by atoms with van der Waals surface area (Å²) in [5, 5.41) is 3.54. The van der Waals surface area contributed by atoms with Crippen molar-refractivity contribution in [1.29, 1.82) is 0 Å². The van der Waals surface area contributed by atoms with Gasteiger partial charge in [0.15, 0.2) is 5.84 Å². The van der Waals surface area contributed by atoms with Gasteiger partial charge in [0.05, 0.1) is 27.9 Å². The molecule has 7 nitrogen and oxygen atoms in total. The molecule has 1 spiro atoms. The summed E-state index contributed by atoms with van der Waals surface area (Å²) in [6.45, 7) is 0. The Morgan fingerprint density at radius 2 is 2.08 bits per heavy atom. The fourth-order valence-electron chi connectivity index (χ4n) is 3.62. The van der Waals surface area contributed by atoms with Crippen LogP contribution in [0, 0.1) is 0 Å². The molecule has 1 aliphatic carbocycles. The minimum absolute atomic E-state index is 0.134. The predicted octanol–water partition coefficient (Wildman–Crippen LogP) is 3.35. The smallest absolute Gasteiger partial charge is 0.276 e. The fourth-order valence-corrected chi connectivity index (χ4v) is 4.28. The molecule has 2 aromatic heterocycles. The standard InChI is InChI=1S/C16H16ClIN6O/c17-10-8-11(21-12-4-7-19-9-20-12)15(25)24-13(10)14(23-18)22-16(24)5-2-1-3-6-16/h4,7-9H,1-3,5-6H2,(H,22,23)(H,19,20,21). The van der Waals surface area contributed by atoms with E-state index >= 15 is 0 Å². The summed E-state index contributed by atoms with van der Waals surface area (Å²) in [5.41, 5.74) is 0.384. The second-order valence-corrected chi connectivity index (χ2v) is 7.16. The van der Waals surface area contributed by atoms with E-state index < -0.39 is 5.66 Å². The van der Waals surface area contributed by atoms with Crippen molar-refractivity contribution in [3.63, 3.8) is 0 Å². The van der Waals surface area contributed by atoms with E-state index in [-0.39, 0.29) is 5.56 Å². The number of aromatic nitrogens is 3. The van der Waals surface area contributed by atoms with Crippen LogP contribution in [0.1, 0.15) is 37.8 Å². The van der Waals surface area contributed by atoms with Crippen LogP contribution < -0.4 is 14.4 Å². The largest absolute Gasteiger partial charge is 0.336 e. The Bertz CT molecular complexity index is 891. The number of aliphatic imine (C=N–C) groups is 1. The summed E-state index contributed by atoms with van der Waals surface area (Å²) in [5.74, 6) is 1.21. The van der Waals surface area contributed by atoms with Gasteiger partial charge in [0, 0.05) is 6.20 Å². The lowest BCUT2D eigenvalue weighted by Crippen LogP contribution is -2.40. The Morgan fingerprint density at radius 1 is 1.28 bits per heavy atom. The van der Waals surface area contributed by atoms with Crippen molar-refractivity contribution in [2.45, 2.75) is 37.8 Å². The number of anilines is 2. The number of hydrogen-bond donors (Lipinski definition) is 2. The van der Waals surface area contributed by atoms with E-state index in [0.29, 0.717) is 28.1 Å². The van der Waals surface area contributed by atoms with E-state index in [0.717, 1.165) is 25.7 Å². The first kappa shape index (κ1) is 16.8.